The Balaban J connectivity index is 1.25. The molecular formula is C33H37N5O3Si. The first-order valence-electron chi connectivity index (χ1n) is 14.3. The highest BCUT2D eigenvalue weighted by Gasteiger charge is 2.22. The van der Waals surface area contributed by atoms with E-state index in [-0.39, 0.29) is 12.7 Å². The SMILES string of the molecule is CC(C)(O)COc1cc(-c2ccc(N3CCC(Oc4ccc(C#C[Si](C)(C)C)cc4)CC3)nc2)c2c(C#N)cnn2c1. The molecule has 1 N–H and O–H groups in total. The number of rotatable bonds is 7. The second-order valence-electron chi connectivity index (χ2n) is 12.4. The number of aliphatic hydroxyl groups is 1. The lowest BCUT2D eigenvalue weighted by molar-refractivity contribution is 0.0283. The Morgan fingerprint density at radius 2 is 1.79 bits per heavy atom. The van der Waals surface area contributed by atoms with Gasteiger partial charge in [-0.2, -0.15) is 10.4 Å². The summed E-state index contributed by atoms with van der Waals surface area (Å²) >= 11 is 0. The summed E-state index contributed by atoms with van der Waals surface area (Å²) in [6, 6.07) is 16.2. The maximum absolute atomic E-state index is 10.1. The number of fused-ring (bicyclic) bond motifs is 1. The van der Waals surface area contributed by atoms with Crippen LogP contribution in [0.4, 0.5) is 5.82 Å². The second-order valence-corrected chi connectivity index (χ2v) is 17.1. The van der Waals surface area contributed by atoms with Crippen LogP contribution in [-0.2, 0) is 0 Å². The summed E-state index contributed by atoms with van der Waals surface area (Å²) in [5, 5.41) is 24.1. The number of ether oxygens (including phenoxy) is 2. The molecular weight excluding hydrogens is 542 g/mol. The molecule has 216 valence electrons. The first-order valence-corrected chi connectivity index (χ1v) is 17.8. The number of hydrogen-bond acceptors (Lipinski definition) is 7. The number of piperidine rings is 1. The van der Waals surface area contributed by atoms with Crippen molar-refractivity contribution < 1.29 is 14.6 Å². The van der Waals surface area contributed by atoms with Crippen LogP contribution in [0.3, 0.4) is 0 Å². The van der Waals surface area contributed by atoms with Crippen molar-refractivity contribution in [3.8, 4) is 40.2 Å². The zero-order chi connectivity index (χ0) is 29.9. The van der Waals surface area contributed by atoms with Gasteiger partial charge in [0, 0.05) is 48.8 Å². The molecule has 1 saturated heterocycles. The van der Waals surface area contributed by atoms with Gasteiger partial charge in [-0.1, -0.05) is 25.6 Å². The molecule has 1 aliphatic heterocycles. The first-order chi connectivity index (χ1) is 20.0. The third-order valence-corrected chi connectivity index (χ3v) is 7.74. The second kappa shape index (κ2) is 11.9. The van der Waals surface area contributed by atoms with Crippen LogP contribution in [0.25, 0.3) is 16.6 Å². The summed E-state index contributed by atoms with van der Waals surface area (Å²) in [7, 11) is -1.40. The van der Waals surface area contributed by atoms with Gasteiger partial charge >= 0.3 is 0 Å². The monoisotopic (exact) mass is 579 g/mol. The van der Waals surface area contributed by atoms with E-state index >= 15 is 0 Å². The minimum Gasteiger partial charge on any atom is -0.490 e. The summed E-state index contributed by atoms with van der Waals surface area (Å²) in [4.78, 5) is 7.05. The highest BCUT2D eigenvalue weighted by atomic mass is 28.3. The largest absolute Gasteiger partial charge is 0.490 e. The molecule has 42 heavy (non-hydrogen) atoms. The van der Waals surface area contributed by atoms with Gasteiger partial charge in [0.15, 0.2) is 0 Å². The van der Waals surface area contributed by atoms with Crippen LogP contribution in [-0.4, -0.2) is 59.2 Å². The molecule has 3 aromatic heterocycles. The highest BCUT2D eigenvalue weighted by Crippen LogP contribution is 2.32. The molecule has 0 saturated carbocycles. The number of nitriles is 1. The molecule has 0 bridgehead atoms. The zero-order valence-electron chi connectivity index (χ0n) is 24.9. The Bertz CT molecular complexity index is 1640. The Morgan fingerprint density at radius 1 is 1.05 bits per heavy atom. The van der Waals surface area contributed by atoms with Crippen LogP contribution in [0.2, 0.25) is 19.6 Å². The third kappa shape index (κ3) is 7.30. The van der Waals surface area contributed by atoms with Crippen molar-refractivity contribution in [1.82, 2.24) is 14.6 Å². The Hall–Kier alpha value is -4.31. The van der Waals surface area contributed by atoms with Crippen LogP contribution in [0.5, 0.6) is 11.5 Å². The summed E-state index contributed by atoms with van der Waals surface area (Å²) in [5.74, 6) is 5.62. The van der Waals surface area contributed by atoms with E-state index in [1.807, 2.05) is 48.7 Å². The van der Waals surface area contributed by atoms with E-state index in [1.54, 1.807) is 30.8 Å². The molecule has 1 aromatic carbocycles. The molecule has 0 aliphatic carbocycles. The van der Waals surface area contributed by atoms with Crippen molar-refractivity contribution in [2.45, 2.75) is 58.0 Å². The number of benzene rings is 1. The summed E-state index contributed by atoms with van der Waals surface area (Å²) in [6.07, 6.45) is 7.06. The van der Waals surface area contributed by atoms with Crippen LogP contribution in [0.1, 0.15) is 37.8 Å². The van der Waals surface area contributed by atoms with Crippen molar-refractivity contribution in [2.24, 2.45) is 0 Å². The highest BCUT2D eigenvalue weighted by molar-refractivity contribution is 6.83. The Labute approximate surface area is 248 Å². The van der Waals surface area contributed by atoms with Gasteiger partial charge in [0.05, 0.1) is 29.1 Å². The molecule has 0 atom stereocenters. The maximum atomic E-state index is 10.1. The molecule has 1 fully saturated rings. The summed E-state index contributed by atoms with van der Waals surface area (Å²) in [5.41, 5.74) is 6.26. The van der Waals surface area contributed by atoms with Crippen molar-refractivity contribution in [2.75, 3.05) is 24.6 Å². The summed E-state index contributed by atoms with van der Waals surface area (Å²) in [6.45, 7) is 11.9. The van der Waals surface area contributed by atoms with E-state index in [1.165, 1.54) is 0 Å². The Morgan fingerprint density at radius 3 is 2.40 bits per heavy atom. The average molecular weight is 580 g/mol. The molecule has 4 aromatic rings. The van der Waals surface area contributed by atoms with E-state index < -0.39 is 13.7 Å². The molecule has 5 rings (SSSR count). The van der Waals surface area contributed by atoms with E-state index in [0.717, 1.165) is 54.2 Å². The molecule has 0 radical (unpaired) electrons. The van der Waals surface area contributed by atoms with E-state index in [0.29, 0.717) is 16.8 Å². The predicted molar refractivity (Wildman–Crippen MR) is 167 cm³/mol. The van der Waals surface area contributed by atoms with Gasteiger partial charge in [0.25, 0.3) is 0 Å². The first kappa shape index (κ1) is 29.2. The maximum Gasteiger partial charge on any atom is 0.138 e. The number of anilines is 1. The number of aromatic nitrogens is 3. The van der Waals surface area contributed by atoms with Crippen molar-refractivity contribution in [3.05, 3.63) is 72.2 Å². The minimum atomic E-state index is -1.40. The fourth-order valence-corrected chi connectivity index (χ4v) is 5.26. The van der Waals surface area contributed by atoms with E-state index in [9.17, 15) is 10.4 Å². The van der Waals surface area contributed by atoms with E-state index in [2.05, 4.69) is 47.2 Å². The topological polar surface area (TPSA) is 95.9 Å². The smallest absolute Gasteiger partial charge is 0.138 e. The van der Waals surface area contributed by atoms with Gasteiger partial charge in [-0.15, -0.1) is 5.54 Å². The van der Waals surface area contributed by atoms with E-state index in [4.69, 9.17) is 14.5 Å². The molecule has 8 nitrogen and oxygen atoms in total. The lowest BCUT2D eigenvalue weighted by atomic mass is 10.0. The van der Waals surface area contributed by atoms with Crippen molar-refractivity contribution in [3.63, 3.8) is 0 Å². The predicted octanol–water partition coefficient (Wildman–Crippen LogP) is 5.69. The Kier molecular flexibility index (Phi) is 8.26. The molecule has 0 unspecified atom stereocenters. The molecule has 0 amide bonds. The number of pyridine rings is 2. The lowest BCUT2D eigenvalue weighted by Gasteiger charge is -2.33. The van der Waals surface area contributed by atoms with Crippen molar-refractivity contribution in [1.29, 1.82) is 5.26 Å². The normalized spacial score (nSPS) is 14.3. The lowest BCUT2D eigenvalue weighted by Crippen LogP contribution is -2.38. The van der Waals surface area contributed by atoms with Crippen LogP contribution in [0, 0.1) is 22.8 Å². The van der Waals surface area contributed by atoms with Gasteiger partial charge in [0.2, 0.25) is 0 Å². The molecule has 9 heteroatoms. The number of nitrogens with zero attached hydrogens (tertiary/aromatic N) is 5. The van der Waals surface area contributed by atoms with Gasteiger partial charge in [0.1, 0.15) is 44.2 Å². The minimum absolute atomic E-state index is 0.125. The van der Waals surface area contributed by atoms with Gasteiger partial charge in [-0.25, -0.2) is 9.50 Å². The quantitative estimate of drug-likeness (QED) is 0.222. The van der Waals surface area contributed by atoms with Crippen LogP contribution < -0.4 is 14.4 Å². The van der Waals surface area contributed by atoms with Crippen LogP contribution >= 0.6 is 0 Å². The van der Waals surface area contributed by atoms with Gasteiger partial charge < -0.3 is 19.5 Å². The van der Waals surface area contributed by atoms with Crippen molar-refractivity contribution >= 4 is 19.4 Å². The molecule has 1 aliphatic rings. The third-order valence-electron chi connectivity index (χ3n) is 6.86. The standard InChI is InChI=1S/C33H37N5O3Si/c1-33(2,39)23-40-29-18-30(32-26(19-34)21-36-38(32)22-29)25-8-11-31(35-20-25)37-15-12-28(13-16-37)41-27-9-6-24(7-10-27)14-17-42(3,4)5/h6-11,18,20-22,28,39H,12-13,15-16,23H2,1-5H3. The fourth-order valence-electron chi connectivity index (χ4n) is 4.74. The molecule has 0 spiro atoms. The van der Waals surface area contributed by atoms with Gasteiger partial charge in [-0.05, 0) is 56.3 Å². The average Bonchev–Trinajstić information content (AvgIpc) is 3.38. The fraction of sp³-hybridized carbons (Fsp3) is 0.364. The zero-order valence-corrected chi connectivity index (χ0v) is 25.9. The van der Waals surface area contributed by atoms with Crippen LogP contribution in [0.15, 0.2) is 61.1 Å². The summed E-state index contributed by atoms with van der Waals surface area (Å²) < 4.78 is 13.8. The number of hydrogen-bond donors (Lipinski definition) is 1. The van der Waals surface area contributed by atoms with Gasteiger partial charge in [-0.3, -0.25) is 0 Å². The molecule has 4 heterocycles.